The van der Waals surface area contributed by atoms with Crippen LogP contribution in [-0.4, -0.2) is 30.6 Å². The van der Waals surface area contributed by atoms with Gasteiger partial charge < -0.3 is 4.74 Å². The van der Waals surface area contributed by atoms with E-state index in [0.29, 0.717) is 6.04 Å². The molecule has 18 heavy (non-hydrogen) atoms. The van der Waals surface area contributed by atoms with Crippen molar-refractivity contribution in [3.05, 3.63) is 35.9 Å². The summed E-state index contributed by atoms with van der Waals surface area (Å²) in [6.45, 7) is 5.27. The van der Waals surface area contributed by atoms with E-state index in [1.54, 1.807) is 0 Å². The van der Waals surface area contributed by atoms with Crippen LogP contribution in [-0.2, 0) is 9.53 Å². The number of carbonyl (C=O) groups excluding carboxylic acids is 1. The van der Waals surface area contributed by atoms with Gasteiger partial charge in [-0.1, -0.05) is 30.3 Å². The summed E-state index contributed by atoms with van der Waals surface area (Å²) in [5.41, 5.74) is 1.30. The first-order valence-corrected chi connectivity index (χ1v) is 6.53. The average molecular weight is 247 g/mol. The molecule has 1 aliphatic heterocycles. The lowest BCUT2D eigenvalue weighted by Gasteiger charge is -2.30. The average Bonchev–Trinajstić information content (AvgIpc) is 2.80. The zero-order valence-corrected chi connectivity index (χ0v) is 11.3. The maximum Gasteiger partial charge on any atom is 0.310 e. The van der Waals surface area contributed by atoms with Crippen LogP contribution in [0.1, 0.15) is 31.9 Å². The predicted octanol–water partition coefficient (Wildman–Crippen LogP) is 2.63. The Morgan fingerprint density at radius 3 is 2.67 bits per heavy atom. The van der Waals surface area contributed by atoms with Crippen molar-refractivity contribution in [2.24, 2.45) is 5.92 Å². The van der Waals surface area contributed by atoms with Crippen LogP contribution in [0.4, 0.5) is 0 Å². The minimum Gasteiger partial charge on any atom is -0.469 e. The third-order valence-corrected chi connectivity index (χ3v) is 4.09. The highest BCUT2D eigenvalue weighted by Crippen LogP contribution is 2.32. The second-order valence-corrected chi connectivity index (χ2v) is 4.98. The van der Waals surface area contributed by atoms with Crippen LogP contribution in [0.25, 0.3) is 0 Å². The van der Waals surface area contributed by atoms with Crippen molar-refractivity contribution in [1.82, 2.24) is 4.90 Å². The molecule has 1 saturated heterocycles. The first kappa shape index (κ1) is 13.1. The Kier molecular flexibility index (Phi) is 4.02. The van der Waals surface area contributed by atoms with E-state index >= 15 is 0 Å². The molecule has 1 fully saturated rings. The number of nitrogens with zero attached hydrogens (tertiary/aromatic N) is 1. The molecule has 1 unspecified atom stereocenters. The van der Waals surface area contributed by atoms with E-state index in [1.807, 2.05) is 6.07 Å². The van der Waals surface area contributed by atoms with Crippen LogP contribution in [0.5, 0.6) is 0 Å². The van der Waals surface area contributed by atoms with E-state index in [2.05, 4.69) is 43.0 Å². The van der Waals surface area contributed by atoms with Crippen LogP contribution in [0, 0.1) is 5.92 Å². The van der Waals surface area contributed by atoms with Gasteiger partial charge in [-0.15, -0.1) is 0 Å². The predicted molar refractivity (Wildman–Crippen MR) is 71.1 cm³/mol. The first-order valence-electron chi connectivity index (χ1n) is 6.53. The number of likely N-dealkylation sites (tertiary alicyclic amines) is 1. The van der Waals surface area contributed by atoms with Gasteiger partial charge in [0.05, 0.1) is 13.0 Å². The van der Waals surface area contributed by atoms with Crippen molar-refractivity contribution in [3.8, 4) is 0 Å². The van der Waals surface area contributed by atoms with E-state index in [1.165, 1.54) is 12.7 Å². The van der Waals surface area contributed by atoms with Crippen LogP contribution < -0.4 is 0 Å². The molecule has 0 aliphatic carbocycles. The highest BCUT2D eigenvalue weighted by atomic mass is 16.5. The summed E-state index contributed by atoms with van der Waals surface area (Å²) in [4.78, 5) is 14.1. The molecule has 0 amide bonds. The van der Waals surface area contributed by atoms with Crippen molar-refractivity contribution in [2.45, 2.75) is 32.4 Å². The Morgan fingerprint density at radius 2 is 2.06 bits per heavy atom. The fourth-order valence-corrected chi connectivity index (χ4v) is 2.90. The lowest BCUT2D eigenvalue weighted by molar-refractivity contribution is -0.146. The molecule has 0 radical (unpaired) electrons. The van der Waals surface area contributed by atoms with Crippen molar-refractivity contribution in [3.63, 3.8) is 0 Å². The molecule has 0 saturated carbocycles. The quantitative estimate of drug-likeness (QED) is 0.769. The molecule has 3 nitrogen and oxygen atoms in total. The summed E-state index contributed by atoms with van der Waals surface area (Å²) in [6.07, 6.45) is 0.894. The molecule has 1 aromatic carbocycles. The summed E-state index contributed by atoms with van der Waals surface area (Å²) >= 11 is 0. The monoisotopic (exact) mass is 247 g/mol. The standard InChI is InChI=1S/C15H21NO2/c1-11(13-7-5-4-6-8-13)16-10-9-14(12(16)2)15(17)18-3/h4-8,11-12,14H,9-10H2,1-3H3/t11?,12-,14-/m1/s1. The molecule has 2 rings (SSSR count). The maximum atomic E-state index is 11.7. The van der Waals surface area contributed by atoms with E-state index in [0.717, 1.165) is 13.0 Å². The molecule has 1 heterocycles. The van der Waals surface area contributed by atoms with Gasteiger partial charge in [0.1, 0.15) is 0 Å². The number of rotatable bonds is 3. The lowest BCUT2D eigenvalue weighted by atomic mass is 10.0. The second-order valence-electron chi connectivity index (χ2n) is 4.98. The molecule has 0 bridgehead atoms. The van der Waals surface area contributed by atoms with E-state index in [4.69, 9.17) is 4.74 Å². The summed E-state index contributed by atoms with van der Waals surface area (Å²) in [5, 5.41) is 0. The van der Waals surface area contributed by atoms with Gasteiger partial charge >= 0.3 is 5.97 Å². The zero-order valence-electron chi connectivity index (χ0n) is 11.3. The third kappa shape index (κ3) is 2.41. The van der Waals surface area contributed by atoms with Crippen molar-refractivity contribution < 1.29 is 9.53 Å². The van der Waals surface area contributed by atoms with Crippen LogP contribution in [0.2, 0.25) is 0 Å². The van der Waals surface area contributed by atoms with Crippen LogP contribution in [0.15, 0.2) is 30.3 Å². The normalized spacial score (nSPS) is 25.9. The number of benzene rings is 1. The smallest absolute Gasteiger partial charge is 0.310 e. The molecule has 3 heteroatoms. The largest absolute Gasteiger partial charge is 0.469 e. The van der Waals surface area contributed by atoms with Gasteiger partial charge in [0.25, 0.3) is 0 Å². The maximum absolute atomic E-state index is 11.7. The van der Waals surface area contributed by atoms with Crippen LogP contribution in [0.3, 0.4) is 0 Å². The highest BCUT2D eigenvalue weighted by Gasteiger charge is 2.38. The molecule has 3 atom stereocenters. The Morgan fingerprint density at radius 1 is 1.39 bits per heavy atom. The summed E-state index contributed by atoms with van der Waals surface area (Å²) < 4.78 is 4.87. The minimum absolute atomic E-state index is 0.0150. The highest BCUT2D eigenvalue weighted by molar-refractivity contribution is 5.73. The van der Waals surface area contributed by atoms with Gasteiger partial charge in [0, 0.05) is 12.1 Å². The molecule has 0 N–H and O–H groups in total. The van der Waals surface area contributed by atoms with Crippen LogP contribution >= 0.6 is 0 Å². The first-order chi connectivity index (χ1) is 8.65. The number of ether oxygens (including phenoxy) is 1. The molecule has 98 valence electrons. The van der Waals surface area contributed by atoms with Crippen molar-refractivity contribution in [1.29, 1.82) is 0 Å². The molecular formula is C15H21NO2. The summed E-state index contributed by atoms with van der Waals surface area (Å²) in [7, 11) is 1.47. The Hall–Kier alpha value is -1.35. The van der Waals surface area contributed by atoms with E-state index in [9.17, 15) is 4.79 Å². The van der Waals surface area contributed by atoms with E-state index < -0.39 is 0 Å². The lowest BCUT2D eigenvalue weighted by Crippen LogP contribution is -2.35. The van der Waals surface area contributed by atoms with Gasteiger partial charge in [0.2, 0.25) is 0 Å². The second kappa shape index (κ2) is 5.53. The minimum atomic E-state index is -0.0785. The number of methoxy groups -OCH3 is 1. The number of hydrogen-bond acceptors (Lipinski definition) is 3. The fraction of sp³-hybridized carbons (Fsp3) is 0.533. The Labute approximate surface area is 109 Å². The summed E-state index contributed by atoms with van der Waals surface area (Å²) in [5.74, 6) is -0.0635. The molecular weight excluding hydrogens is 226 g/mol. The Bertz CT molecular complexity index is 404. The zero-order chi connectivity index (χ0) is 13.1. The SMILES string of the molecule is COC(=O)[C@@H]1CCN(C(C)c2ccccc2)[C@@H]1C. The van der Waals surface area contributed by atoms with Gasteiger partial charge in [-0.25, -0.2) is 0 Å². The topological polar surface area (TPSA) is 29.5 Å². The van der Waals surface area contributed by atoms with Gasteiger partial charge in [-0.05, 0) is 32.4 Å². The van der Waals surface area contributed by atoms with Gasteiger partial charge in [0.15, 0.2) is 0 Å². The Balaban J connectivity index is 2.09. The summed E-state index contributed by atoms with van der Waals surface area (Å²) in [6, 6.07) is 11.0. The van der Waals surface area contributed by atoms with Crippen molar-refractivity contribution >= 4 is 5.97 Å². The van der Waals surface area contributed by atoms with E-state index in [-0.39, 0.29) is 17.9 Å². The van der Waals surface area contributed by atoms with Gasteiger partial charge in [-0.3, -0.25) is 9.69 Å². The molecule has 1 aromatic rings. The molecule has 0 aromatic heterocycles. The number of hydrogen-bond donors (Lipinski definition) is 0. The number of esters is 1. The van der Waals surface area contributed by atoms with Crippen molar-refractivity contribution in [2.75, 3.05) is 13.7 Å². The fourth-order valence-electron chi connectivity index (χ4n) is 2.90. The third-order valence-electron chi connectivity index (χ3n) is 4.09. The van der Waals surface area contributed by atoms with Gasteiger partial charge in [-0.2, -0.15) is 0 Å². The number of carbonyl (C=O) groups is 1. The molecule has 0 spiro atoms. The molecule has 1 aliphatic rings.